The van der Waals surface area contributed by atoms with Crippen LogP contribution in [-0.2, 0) is 16.0 Å². The van der Waals surface area contributed by atoms with Crippen molar-refractivity contribution in [3.8, 4) is 0 Å². The van der Waals surface area contributed by atoms with Gasteiger partial charge in [-0.05, 0) is 37.0 Å². The van der Waals surface area contributed by atoms with Gasteiger partial charge in [-0.3, -0.25) is 25.2 Å². The number of pyridine rings is 1. The number of rotatable bonds is 6. The van der Waals surface area contributed by atoms with Crippen LogP contribution >= 0.6 is 0 Å². The number of unbranched alkanes of at least 4 members (excludes halogenated alkanes) is 1. The second kappa shape index (κ2) is 6.47. The van der Waals surface area contributed by atoms with Gasteiger partial charge in [-0.1, -0.05) is 19.8 Å². The van der Waals surface area contributed by atoms with Crippen LogP contribution in [0.25, 0.3) is 0 Å². The number of nitrogens with zero attached hydrogens (tertiary/aromatic N) is 1. The maximum absolute atomic E-state index is 12.3. The van der Waals surface area contributed by atoms with Crippen LogP contribution in [0.2, 0.25) is 0 Å². The van der Waals surface area contributed by atoms with Gasteiger partial charge in [0.05, 0.1) is 0 Å². The maximum atomic E-state index is 12.3. The first-order valence-electron chi connectivity index (χ1n) is 7.14. The molecule has 112 valence electrons. The summed E-state index contributed by atoms with van der Waals surface area (Å²) in [5, 5.41) is 4.45. The van der Waals surface area contributed by atoms with Crippen LogP contribution in [0.3, 0.4) is 0 Å². The number of nitrogens with one attached hydrogen (secondary N) is 2. The number of hydrogen-bond donors (Lipinski definition) is 2. The number of urea groups is 1. The van der Waals surface area contributed by atoms with Gasteiger partial charge in [-0.2, -0.15) is 0 Å². The number of carbonyl (C=O) groups is 3. The topological polar surface area (TPSA) is 88.2 Å². The molecule has 4 amide bonds. The fourth-order valence-electron chi connectivity index (χ4n) is 2.54. The number of carbonyl (C=O) groups excluding carboxylic acids is 3. The molecule has 6 nitrogen and oxygen atoms in total. The van der Waals surface area contributed by atoms with Crippen LogP contribution in [0.4, 0.5) is 4.79 Å². The van der Waals surface area contributed by atoms with Gasteiger partial charge in [0.15, 0.2) is 0 Å². The van der Waals surface area contributed by atoms with Crippen molar-refractivity contribution in [3.63, 3.8) is 0 Å². The summed E-state index contributed by atoms with van der Waals surface area (Å²) in [6, 6.07) is 2.98. The fraction of sp³-hybridized carbons (Fsp3) is 0.467. The molecule has 0 unspecified atom stereocenters. The summed E-state index contributed by atoms with van der Waals surface area (Å²) in [5.41, 5.74) is -0.147. The molecule has 0 atom stereocenters. The van der Waals surface area contributed by atoms with Crippen molar-refractivity contribution in [3.05, 3.63) is 30.1 Å². The smallest absolute Gasteiger partial charge is 0.277 e. The molecule has 21 heavy (non-hydrogen) atoms. The van der Waals surface area contributed by atoms with Gasteiger partial charge in [-0.25, -0.2) is 4.79 Å². The first kappa shape index (κ1) is 15.2. The summed E-state index contributed by atoms with van der Waals surface area (Å²) in [6.45, 7) is 2.00. The third kappa shape index (κ3) is 3.26. The van der Waals surface area contributed by atoms with Crippen LogP contribution < -0.4 is 10.6 Å². The van der Waals surface area contributed by atoms with Gasteiger partial charge in [0.2, 0.25) is 11.8 Å². The zero-order valence-corrected chi connectivity index (χ0v) is 12.0. The highest BCUT2D eigenvalue weighted by Crippen LogP contribution is 2.33. The first-order chi connectivity index (χ1) is 10.1. The monoisotopic (exact) mass is 289 g/mol. The van der Waals surface area contributed by atoms with Gasteiger partial charge in [0.25, 0.3) is 0 Å². The van der Waals surface area contributed by atoms with Crippen molar-refractivity contribution in [2.24, 2.45) is 5.41 Å². The molecule has 0 aliphatic carbocycles. The van der Waals surface area contributed by atoms with E-state index in [1.165, 1.54) is 0 Å². The molecule has 1 aliphatic rings. The van der Waals surface area contributed by atoms with Gasteiger partial charge >= 0.3 is 6.03 Å². The average Bonchev–Trinajstić information content (AvgIpc) is 2.47. The van der Waals surface area contributed by atoms with E-state index in [-0.39, 0.29) is 0 Å². The first-order valence-corrected chi connectivity index (χ1v) is 7.14. The molecule has 2 heterocycles. The van der Waals surface area contributed by atoms with E-state index in [4.69, 9.17) is 0 Å². The van der Waals surface area contributed by atoms with Crippen LogP contribution in [0.5, 0.6) is 0 Å². The predicted octanol–water partition coefficient (Wildman–Crippen LogP) is 1.56. The Morgan fingerprint density at radius 3 is 2.24 bits per heavy atom. The number of imide groups is 2. The lowest BCUT2D eigenvalue weighted by molar-refractivity contribution is -0.145. The Hall–Kier alpha value is -2.24. The van der Waals surface area contributed by atoms with Crippen LogP contribution in [0, 0.1) is 5.41 Å². The van der Waals surface area contributed by atoms with Crippen molar-refractivity contribution >= 4 is 17.8 Å². The molecule has 0 radical (unpaired) electrons. The lowest BCUT2D eigenvalue weighted by Gasteiger charge is -2.34. The summed E-state index contributed by atoms with van der Waals surface area (Å²) in [4.78, 5) is 39.7. The zero-order chi connectivity index (χ0) is 15.3. The highest BCUT2D eigenvalue weighted by molar-refractivity contribution is 6.19. The summed E-state index contributed by atoms with van der Waals surface area (Å²) in [6.07, 6.45) is 6.40. The number of aryl methyl sites for hydroxylation is 1. The maximum Gasteiger partial charge on any atom is 0.328 e. The van der Waals surface area contributed by atoms with E-state index in [0.29, 0.717) is 19.3 Å². The number of hydrogen-bond acceptors (Lipinski definition) is 4. The lowest BCUT2D eigenvalue weighted by atomic mass is 9.75. The molecule has 1 aliphatic heterocycles. The molecule has 1 aromatic rings. The predicted molar refractivity (Wildman–Crippen MR) is 76.2 cm³/mol. The van der Waals surface area contributed by atoms with Crippen molar-refractivity contribution < 1.29 is 14.4 Å². The molecule has 1 saturated heterocycles. The van der Waals surface area contributed by atoms with Gasteiger partial charge in [0, 0.05) is 12.4 Å². The van der Waals surface area contributed by atoms with Crippen LogP contribution in [-0.4, -0.2) is 22.8 Å². The van der Waals surface area contributed by atoms with Gasteiger partial charge < -0.3 is 0 Å². The van der Waals surface area contributed by atoms with Gasteiger partial charge in [0.1, 0.15) is 5.41 Å². The Balaban J connectivity index is 2.18. The Morgan fingerprint density at radius 1 is 1.05 bits per heavy atom. The second-order valence-electron chi connectivity index (χ2n) is 5.28. The molecule has 2 rings (SSSR count). The molecule has 2 N–H and O–H groups in total. The van der Waals surface area contributed by atoms with E-state index in [1.54, 1.807) is 12.4 Å². The Morgan fingerprint density at radius 2 is 1.67 bits per heavy atom. The molecule has 6 heteroatoms. The summed E-state index contributed by atoms with van der Waals surface area (Å²) in [7, 11) is 0. The summed E-state index contributed by atoms with van der Waals surface area (Å²) < 4.78 is 0. The largest absolute Gasteiger partial charge is 0.328 e. The van der Waals surface area contributed by atoms with Crippen LogP contribution in [0.1, 0.15) is 38.2 Å². The fourth-order valence-corrected chi connectivity index (χ4v) is 2.54. The van der Waals surface area contributed by atoms with Gasteiger partial charge in [-0.15, -0.1) is 0 Å². The normalized spacial score (nSPS) is 17.3. The van der Waals surface area contributed by atoms with Crippen molar-refractivity contribution in [1.29, 1.82) is 0 Å². The molecule has 0 aromatic carbocycles. The molecule has 1 aromatic heterocycles. The number of aromatic nitrogens is 1. The minimum atomic E-state index is -1.16. The second-order valence-corrected chi connectivity index (χ2v) is 5.28. The Kier molecular flexibility index (Phi) is 4.67. The minimum absolute atomic E-state index is 0.377. The summed E-state index contributed by atoms with van der Waals surface area (Å²) >= 11 is 0. The molecular formula is C15H19N3O3. The lowest BCUT2D eigenvalue weighted by Crippen LogP contribution is -2.62. The molecule has 0 saturated carbocycles. The third-order valence-corrected chi connectivity index (χ3v) is 3.87. The van der Waals surface area contributed by atoms with E-state index >= 15 is 0 Å². The number of amides is 4. The molecular weight excluding hydrogens is 270 g/mol. The van der Waals surface area contributed by atoms with Crippen molar-refractivity contribution in [1.82, 2.24) is 15.6 Å². The Labute approximate surface area is 123 Å². The third-order valence-electron chi connectivity index (χ3n) is 3.87. The highest BCUT2D eigenvalue weighted by Gasteiger charge is 2.49. The van der Waals surface area contributed by atoms with E-state index < -0.39 is 23.3 Å². The molecule has 0 spiro atoms. The van der Waals surface area contributed by atoms with E-state index in [0.717, 1.165) is 18.4 Å². The highest BCUT2D eigenvalue weighted by atomic mass is 16.2. The quantitative estimate of drug-likeness (QED) is 0.778. The van der Waals surface area contributed by atoms with E-state index in [9.17, 15) is 14.4 Å². The minimum Gasteiger partial charge on any atom is -0.277 e. The average molecular weight is 289 g/mol. The zero-order valence-electron chi connectivity index (χ0n) is 12.0. The van der Waals surface area contributed by atoms with Crippen LogP contribution in [0.15, 0.2) is 24.5 Å². The molecule has 1 fully saturated rings. The summed E-state index contributed by atoms with van der Waals surface area (Å²) in [5.74, 6) is -0.975. The Bertz CT molecular complexity index is 522. The SMILES string of the molecule is CCCCC1(CCc2ccncc2)C(=O)NC(=O)NC1=O. The van der Waals surface area contributed by atoms with Crippen molar-refractivity contribution in [2.45, 2.75) is 39.0 Å². The standard InChI is InChI=1S/C15H19N3O3/c1-2-3-7-15(8-4-11-5-9-16-10-6-11)12(19)17-14(21)18-13(15)20/h5-6,9-10H,2-4,7-8H2,1H3,(H2,17,18,19,20,21). The molecule has 0 bridgehead atoms. The van der Waals surface area contributed by atoms with E-state index in [2.05, 4.69) is 15.6 Å². The number of barbiturate groups is 1. The van der Waals surface area contributed by atoms with Crippen molar-refractivity contribution in [2.75, 3.05) is 0 Å². The van der Waals surface area contributed by atoms with E-state index in [1.807, 2.05) is 19.1 Å².